The molecule has 3 unspecified atom stereocenters. The number of hydrogen-bond donors (Lipinski definition) is 2. The number of H-pyrrole nitrogens is 2. The third kappa shape index (κ3) is 8.39. The Bertz CT molecular complexity index is 1790. The quantitative estimate of drug-likeness (QED) is 0.187. The SMILES string of the molecule is CC1CCCN1C(=O)c1cc2cc(OCCC3CCCN3C)ccc2[nH]1.CN1CCCC1CCOc1ccc2[nH]c(C(=O)N3CCCC3)cc2c1. The minimum absolute atomic E-state index is 0.109. The van der Waals surface area contributed by atoms with Gasteiger partial charge in [-0.3, -0.25) is 9.59 Å². The van der Waals surface area contributed by atoms with E-state index in [-0.39, 0.29) is 11.8 Å². The zero-order valence-corrected chi connectivity index (χ0v) is 30.8. The van der Waals surface area contributed by atoms with Crippen LogP contribution in [0, 0.1) is 0 Å². The lowest BCUT2D eigenvalue weighted by molar-refractivity contribution is 0.0741. The van der Waals surface area contributed by atoms with Gasteiger partial charge in [0.25, 0.3) is 11.8 Å². The first-order chi connectivity index (χ1) is 24.8. The second-order valence-corrected chi connectivity index (χ2v) is 15.2. The van der Waals surface area contributed by atoms with Gasteiger partial charge in [-0.25, -0.2) is 0 Å². The van der Waals surface area contributed by atoms with Crippen LogP contribution < -0.4 is 9.47 Å². The largest absolute Gasteiger partial charge is 0.494 e. The number of fused-ring (bicyclic) bond motifs is 2. The van der Waals surface area contributed by atoms with Gasteiger partial charge in [0.15, 0.2) is 0 Å². The lowest BCUT2D eigenvalue weighted by Crippen LogP contribution is -2.33. The molecule has 4 saturated heterocycles. The smallest absolute Gasteiger partial charge is 0.270 e. The summed E-state index contributed by atoms with van der Waals surface area (Å²) in [6, 6.07) is 17.6. The Labute approximate surface area is 302 Å². The topological polar surface area (TPSA) is 97.1 Å². The molecule has 2 amide bonds. The molecular formula is C41H56N6O4. The summed E-state index contributed by atoms with van der Waals surface area (Å²) in [5, 5.41) is 2.08. The van der Waals surface area contributed by atoms with Crippen LogP contribution in [0.15, 0.2) is 48.5 Å². The van der Waals surface area contributed by atoms with Crippen LogP contribution in [-0.4, -0.2) is 120 Å². The molecule has 2 aromatic carbocycles. The number of aromatic nitrogens is 2. The maximum Gasteiger partial charge on any atom is 0.270 e. The highest BCUT2D eigenvalue weighted by molar-refractivity contribution is 5.99. The molecule has 274 valence electrons. The third-order valence-electron chi connectivity index (χ3n) is 11.6. The minimum atomic E-state index is 0.109. The molecule has 0 saturated carbocycles. The molecule has 4 aromatic rings. The van der Waals surface area contributed by atoms with Crippen molar-refractivity contribution in [3.05, 3.63) is 59.9 Å². The number of rotatable bonds is 10. The van der Waals surface area contributed by atoms with Crippen molar-refractivity contribution in [1.82, 2.24) is 29.6 Å². The van der Waals surface area contributed by atoms with Crippen LogP contribution in [0.3, 0.4) is 0 Å². The molecule has 4 fully saturated rings. The van der Waals surface area contributed by atoms with Crippen LogP contribution in [0.4, 0.5) is 0 Å². The van der Waals surface area contributed by atoms with Crippen molar-refractivity contribution in [2.45, 2.75) is 89.3 Å². The summed E-state index contributed by atoms with van der Waals surface area (Å²) >= 11 is 0. The molecule has 0 bridgehead atoms. The average Bonchev–Trinajstić information content (AvgIpc) is 3.98. The molecule has 4 aliphatic heterocycles. The molecule has 4 aliphatic rings. The number of benzene rings is 2. The van der Waals surface area contributed by atoms with Crippen molar-refractivity contribution >= 4 is 33.6 Å². The van der Waals surface area contributed by atoms with Gasteiger partial charge in [0.05, 0.1) is 13.2 Å². The van der Waals surface area contributed by atoms with E-state index < -0.39 is 0 Å². The van der Waals surface area contributed by atoms with Crippen LogP contribution in [0.2, 0.25) is 0 Å². The van der Waals surface area contributed by atoms with Crippen LogP contribution in [-0.2, 0) is 0 Å². The van der Waals surface area contributed by atoms with E-state index in [2.05, 4.69) is 40.8 Å². The van der Waals surface area contributed by atoms with Crippen molar-refractivity contribution < 1.29 is 19.1 Å². The highest BCUT2D eigenvalue weighted by atomic mass is 16.5. The molecule has 0 radical (unpaired) electrons. The lowest BCUT2D eigenvalue weighted by atomic mass is 10.1. The Hall–Kier alpha value is -4.02. The first kappa shape index (κ1) is 35.4. The zero-order valence-electron chi connectivity index (χ0n) is 30.8. The van der Waals surface area contributed by atoms with Crippen LogP contribution in [0.25, 0.3) is 21.8 Å². The van der Waals surface area contributed by atoms with E-state index in [1.807, 2.05) is 58.3 Å². The Balaban J connectivity index is 0.000000159. The average molecular weight is 697 g/mol. The van der Waals surface area contributed by atoms with E-state index >= 15 is 0 Å². The maximum absolute atomic E-state index is 12.7. The summed E-state index contributed by atoms with van der Waals surface area (Å²) in [6.07, 6.45) is 11.7. The van der Waals surface area contributed by atoms with Gasteiger partial charge in [0.2, 0.25) is 0 Å². The van der Waals surface area contributed by atoms with Crippen molar-refractivity contribution in [1.29, 1.82) is 0 Å². The fraction of sp³-hybridized carbons (Fsp3) is 0.561. The monoisotopic (exact) mass is 696 g/mol. The predicted octanol–water partition coefficient (Wildman–Crippen LogP) is 6.92. The maximum atomic E-state index is 12.7. The number of nitrogens with zero attached hydrogens (tertiary/aromatic N) is 4. The summed E-state index contributed by atoms with van der Waals surface area (Å²) in [4.78, 5) is 40.5. The van der Waals surface area contributed by atoms with Gasteiger partial charge in [-0.05, 0) is 147 Å². The number of aromatic amines is 2. The number of amides is 2. The van der Waals surface area contributed by atoms with Crippen molar-refractivity contribution in [3.63, 3.8) is 0 Å². The molecule has 51 heavy (non-hydrogen) atoms. The third-order valence-corrected chi connectivity index (χ3v) is 11.6. The molecule has 6 heterocycles. The van der Waals surface area contributed by atoms with Gasteiger partial charge in [0, 0.05) is 59.6 Å². The number of hydrogen-bond acceptors (Lipinski definition) is 6. The Morgan fingerprint density at radius 3 is 1.63 bits per heavy atom. The summed E-state index contributed by atoms with van der Waals surface area (Å²) in [5.41, 5.74) is 3.34. The first-order valence-corrected chi connectivity index (χ1v) is 19.3. The fourth-order valence-corrected chi connectivity index (χ4v) is 8.43. The highest BCUT2D eigenvalue weighted by Crippen LogP contribution is 2.27. The van der Waals surface area contributed by atoms with Crippen molar-refractivity contribution in [2.75, 3.05) is 60.0 Å². The van der Waals surface area contributed by atoms with Gasteiger partial charge in [-0.2, -0.15) is 0 Å². The summed E-state index contributed by atoms with van der Waals surface area (Å²) in [7, 11) is 4.39. The molecular weight excluding hydrogens is 640 g/mol. The highest BCUT2D eigenvalue weighted by Gasteiger charge is 2.27. The molecule has 2 aromatic heterocycles. The van der Waals surface area contributed by atoms with Crippen LogP contribution in [0.1, 0.15) is 92.1 Å². The van der Waals surface area contributed by atoms with Gasteiger partial charge in [-0.15, -0.1) is 0 Å². The molecule has 10 nitrogen and oxygen atoms in total. The van der Waals surface area contributed by atoms with E-state index in [0.29, 0.717) is 29.5 Å². The molecule has 10 heteroatoms. The van der Waals surface area contributed by atoms with Crippen molar-refractivity contribution in [3.8, 4) is 11.5 Å². The summed E-state index contributed by atoms with van der Waals surface area (Å²) < 4.78 is 11.9. The molecule has 0 spiro atoms. The van der Waals surface area contributed by atoms with E-state index in [4.69, 9.17) is 9.47 Å². The number of nitrogens with one attached hydrogen (secondary N) is 2. The van der Waals surface area contributed by atoms with E-state index in [1.165, 1.54) is 38.8 Å². The number of carbonyl (C=O) groups excluding carboxylic acids is 2. The van der Waals surface area contributed by atoms with Gasteiger partial charge in [0.1, 0.15) is 22.9 Å². The molecule has 8 rings (SSSR count). The normalized spacial score (nSPS) is 22.6. The van der Waals surface area contributed by atoms with Gasteiger partial charge < -0.3 is 39.0 Å². The molecule has 3 atom stereocenters. The van der Waals surface area contributed by atoms with Crippen LogP contribution in [0.5, 0.6) is 11.5 Å². The molecule has 0 aliphatic carbocycles. The lowest BCUT2D eigenvalue weighted by Gasteiger charge is -2.20. The van der Waals surface area contributed by atoms with Crippen molar-refractivity contribution in [2.24, 2.45) is 0 Å². The summed E-state index contributed by atoms with van der Waals surface area (Å²) in [6.45, 7) is 8.61. The standard InChI is InChI=1S/C21H29N3O2.C20H27N3O2/c1-15-5-3-11-24(15)21(25)20-14-16-13-18(7-8-19(16)22-20)26-12-9-17-6-4-10-23(17)2;1-22-9-4-5-16(22)8-12-25-17-6-7-18-15(13-17)14-19(21-18)20(24)23-10-2-3-11-23/h7-8,13-15,17,22H,3-6,9-12H2,1-2H3;6-7,13-14,16,21H,2-5,8-12H2,1H3. The van der Waals surface area contributed by atoms with Gasteiger partial charge in [-0.1, -0.05) is 0 Å². The fourth-order valence-electron chi connectivity index (χ4n) is 8.43. The van der Waals surface area contributed by atoms with Crippen LogP contribution >= 0.6 is 0 Å². The van der Waals surface area contributed by atoms with E-state index in [9.17, 15) is 9.59 Å². The number of ether oxygens (including phenoxy) is 2. The van der Waals surface area contributed by atoms with E-state index in [1.54, 1.807) is 0 Å². The number of likely N-dealkylation sites (tertiary alicyclic amines) is 4. The summed E-state index contributed by atoms with van der Waals surface area (Å²) in [5.74, 6) is 1.98. The number of carbonyl (C=O) groups is 2. The second kappa shape index (κ2) is 16.1. The zero-order chi connectivity index (χ0) is 35.3. The predicted molar refractivity (Wildman–Crippen MR) is 203 cm³/mol. The first-order valence-electron chi connectivity index (χ1n) is 19.3. The minimum Gasteiger partial charge on any atom is -0.494 e. The Morgan fingerprint density at radius 2 is 1.16 bits per heavy atom. The van der Waals surface area contributed by atoms with Gasteiger partial charge >= 0.3 is 0 Å². The Kier molecular flexibility index (Phi) is 11.2. The second-order valence-electron chi connectivity index (χ2n) is 15.2. The van der Waals surface area contributed by atoms with E-state index in [0.717, 1.165) is 105 Å². The molecule has 2 N–H and O–H groups in total. The Morgan fingerprint density at radius 1 is 0.647 bits per heavy atom.